The number of amides is 2. The minimum Gasteiger partial charge on any atom is -0.378 e. The first-order valence-corrected chi connectivity index (χ1v) is 8.84. The molecule has 0 aromatic heterocycles. The number of nitrogens with zero attached hydrogens (tertiary/aromatic N) is 1. The van der Waals surface area contributed by atoms with Gasteiger partial charge in [0.05, 0.1) is 19.1 Å². The Morgan fingerprint density at radius 1 is 1.32 bits per heavy atom. The van der Waals surface area contributed by atoms with Crippen molar-refractivity contribution in [1.29, 1.82) is 0 Å². The molecular weight excluding hydrogens is 320 g/mol. The topological polar surface area (TPSA) is 96.7 Å². The van der Waals surface area contributed by atoms with Crippen molar-refractivity contribution in [3.8, 4) is 0 Å². The van der Waals surface area contributed by atoms with Crippen LogP contribution in [0.25, 0.3) is 0 Å². The molecule has 7 heteroatoms. The number of nitrogens with one attached hydrogen (secondary N) is 2. The Labute approximate surface area is 147 Å². The fraction of sp³-hybridized carbons (Fsp3) is 0.556. The van der Waals surface area contributed by atoms with E-state index in [2.05, 4.69) is 15.5 Å². The van der Waals surface area contributed by atoms with Crippen molar-refractivity contribution < 1.29 is 14.3 Å². The number of benzene rings is 1. The lowest BCUT2D eigenvalue weighted by Crippen LogP contribution is -2.48. The number of nitrogens with two attached hydrogens (primary N) is 1. The normalized spacial score (nSPS) is 24.6. The number of primary amides is 1. The number of morpholine rings is 1. The second kappa shape index (κ2) is 8.42. The molecule has 3 rings (SSSR count). The van der Waals surface area contributed by atoms with Gasteiger partial charge in [0.15, 0.2) is 0 Å². The summed E-state index contributed by atoms with van der Waals surface area (Å²) in [5.41, 5.74) is 7.36. The predicted octanol–water partition coefficient (Wildman–Crippen LogP) is 0.311. The molecule has 2 aliphatic heterocycles. The third-order valence-electron chi connectivity index (χ3n) is 4.77. The number of piperidine rings is 1. The molecule has 1 aromatic carbocycles. The van der Waals surface area contributed by atoms with Crippen molar-refractivity contribution in [1.82, 2.24) is 10.2 Å². The van der Waals surface area contributed by atoms with Crippen molar-refractivity contribution in [2.45, 2.75) is 25.4 Å². The van der Waals surface area contributed by atoms with Gasteiger partial charge in [0.25, 0.3) is 0 Å². The fourth-order valence-corrected chi connectivity index (χ4v) is 3.35. The molecule has 2 unspecified atom stereocenters. The second-order valence-corrected chi connectivity index (χ2v) is 6.74. The van der Waals surface area contributed by atoms with Crippen LogP contribution in [0.15, 0.2) is 24.3 Å². The van der Waals surface area contributed by atoms with Crippen LogP contribution in [0.2, 0.25) is 0 Å². The molecule has 0 spiro atoms. The molecule has 7 nitrogen and oxygen atoms in total. The lowest BCUT2D eigenvalue weighted by molar-refractivity contribution is -0.123. The van der Waals surface area contributed by atoms with Gasteiger partial charge in [0, 0.05) is 25.3 Å². The van der Waals surface area contributed by atoms with Gasteiger partial charge in [-0.1, -0.05) is 12.1 Å². The van der Waals surface area contributed by atoms with E-state index in [0.29, 0.717) is 19.8 Å². The maximum Gasteiger partial charge on any atom is 0.243 e. The summed E-state index contributed by atoms with van der Waals surface area (Å²) < 4.78 is 5.31. The van der Waals surface area contributed by atoms with Crippen molar-refractivity contribution in [2.24, 2.45) is 11.7 Å². The van der Waals surface area contributed by atoms with Crippen LogP contribution in [-0.2, 0) is 20.9 Å². The van der Waals surface area contributed by atoms with E-state index >= 15 is 0 Å². The van der Waals surface area contributed by atoms with Gasteiger partial charge in [0.2, 0.25) is 11.8 Å². The molecule has 1 aromatic rings. The summed E-state index contributed by atoms with van der Waals surface area (Å²) in [7, 11) is 0. The third-order valence-corrected chi connectivity index (χ3v) is 4.77. The Balaban J connectivity index is 1.51. The minimum absolute atomic E-state index is 0.0440. The summed E-state index contributed by atoms with van der Waals surface area (Å²) >= 11 is 0. The molecule has 136 valence electrons. The van der Waals surface area contributed by atoms with E-state index in [4.69, 9.17) is 10.5 Å². The first kappa shape index (κ1) is 17.8. The van der Waals surface area contributed by atoms with Gasteiger partial charge in [-0.2, -0.15) is 0 Å². The zero-order chi connectivity index (χ0) is 17.6. The maximum atomic E-state index is 12.2. The van der Waals surface area contributed by atoms with Gasteiger partial charge in [-0.05, 0) is 37.1 Å². The van der Waals surface area contributed by atoms with Gasteiger partial charge in [0.1, 0.15) is 6.04 Å². The highest BCUT2D eigenvalue weighted by Gasteiger charge is 2.24. The molecule has 0 saturated carbocycles. The van der Waals surface area contributed by atoms with Crippen LogP contribution < -0.4 is 16.4 Å². The van der Waals surface area contributed by atoms with Gasteiger partial charge >= 0.3 is 0 Å². The zero-order valence-electron chi connectivity index (χ0n) is 14.4. The summed E-state index contributed by atoms with van der Waals surface area (Å²) in [4.78, 5) is 25.8. The molecule has 2 fully saturated rings. The molecule has 2 heterocycles. The Bertz CT molecular complexity index is 599. The Kier molecular flexibility index (Phi) is 6.01. The van der Waals surface area contributed by atoms with E-state index < -0.39 is 0 Å². The van der Waals surface area contributed by atoms with Crippen molar-refractivity contribution in [3.05, 3.63) is 29.8 Å². The predicted molar refractivity (Wildman–Crippen MR) is 94.9 cm³/mol. The monoisotopic (exact) mass is 346 g/mol. The lowest BCUT2D eigenvalue weighted by Gasteiger charge is -2.31. The summed E-state index contributed by atoms with van der Waals surface area (Å²) in [6.07, 6.45) is 1.88. The molecule has 0 bridgehead atoms. The highest BCUT2D eigenvalue weighted by Crippen LogP contribution is 2.19. The van der Waals surface area contributed by atoms with Crippen molar-refractivity contribution >= 4 is 17.5 Å². The smallest absolute Gasteiger partial charge is 0.243 e. The Hall–Kier alpha value is -1.96. The molecule has 2 atom stereocenters. The van der Waals surface area contributed by atoms with E-state index in [-0.39, 0.29) is 23.8 Å². The van der Waals surface area contributed by atoms with E-state index in [9.17, 15) is 9.59 Å². The number of hydrogen-bond acceptors (Lipinski definition) is 5. The standard InChI is InChI=1S/C18H26N4O3/c19-17(23)14-2-1-8-22(11-14)10-13-3-5-15(6-4-13)21-18(24)16-12-25-9-7-20-16/h3-6,14,16,20H,1-2,7-12H2,(H2,19,23)(H,21,24). The van der Waals surface area contributed by atoms with Gasteiger partial charge < -0.3 is 21.1 Å². The van der Waals surface area contributed by atoms with E-state index in [1.807, 2.05) is 24.3 Å². The Morgan fingerprint density at radius 2 is 2.12 bits per heavy atom. The number of likely N-dealkylation sites (tertiary alicyclic amines) is 1. The van der Waals surface area contributed by atoms with Crippen LogP contribution in [0.3, 0.4) is 0 Å². The number of anilines is 1. The lowest BCUT2D eigenvalue weighted by atomic mass is 9.97. The second-order valence-electron chi connectivity index (χ2n) is 6.74. The number of carbonyl (C=O) groups is 2. The van der Waals surface area contributed by atoms with Crippen LogP contribution >= 0.6 is 0 Å². The first-order chi connectivity index (χ1) is 12.1. The van der Waals surface area contributed by atoms with Crippen molar-refractivity contribution in [2.75, 3.05) is 38.2 Å². The van der Waals surface area contributed by atoms with Crippen LogP contribution in [0, 0.1) is 5.92 Å². The largest absolute Gasteiger partial charge is 0.378 e. The van der Waals surface area contributed by atoms with Crippen LogP contribution in [0.1, 0.15) is 18.4 Å². The van der Waals surface area contributed by atoms with E-state index in [1.165, 1.54) is 0 Å². The Morgan fingerprint density at radius 3 is 2.80 bits per heavy atom. The van der Waals surface area contributed by atoms with Gasteiger partial charge in [-0.25, -0.2) is 0 Å². The summed E-state index contributed by atoms with van der Waals surface area (Å²) in [6.45, 7) is 4.23. The van der Waals surface area contributed by atoms with E-state index in [0.717, 1.165) is 43.7 Å². The average molecular weight is 346 g/mol. The van der Waals surface area contributed by atoms with Gasteiger partial charge in [-0.3, -0.25) is 14.5 Å². The zero-order valence-corrected chi connectivity index (χ0v) is 14.4. The van der Waals surface area contributed by atoms with Crippen LogP contribution in [-0.4, -0.2) is 55.6 Å². The van der Waals surface area contributed by atoms with E-state index in [1.54, 1.807) is 0 Å². The average Bonchev–Trinajstić information content (AvgIpc) is 2.64. The summed E-state index contributed by atoms with van der Waals surface area (Å²) in [5.74, 6) is -0.326. The van der Waals surface area contributed by atoms with Crippen LogP contribution in [0.5, 0.6) is 0 Å². The minimum atomic E-state index is -0.299. The molecule has 2 aliphatic rings. The third kappa shape index (κ3) is 5.01. The van der Waals surface area contributed by atoms with Crippen LogP contribution in [0.4, 0.5) is 5.69 Å². The molecule has 2 amide bonds. The molecule has 2 saturated heterocycles. The summed E-state index contributed by atoms with van der Waals surface area (Å²) in [5, 5.41) is 6.04. The first-order valence-electron chi connectivity index (χ1n) is 8.84. The number of hydrogen-bond donors (Lipinski definition) is 3. The highest BCUT2D eigenvalue weighted by molar-refractivity contribution is 5.95. The quantitative estimate of drug-likeness (QED) is 0.713. The van der Waals surface area contributed by atoms with Crippen molar-refractivity contribution in [3.63, 3.8) is 0 Å². The fourth-order valence-electron chi connectivity index (χ4n) is 3.35. The van der Waals surface area contributed by atoms with Gasteiger partial charge in [-0.15, -0.1) is 0 Å². The number of ether oxygens (including phenoxy) is 1. The maximum absolute atomic E-state index is 12.2. The molecule has 0 radical (unpaired) electrons. The molecule has 4 N–H and O–H groups in total. The molecular formula is C18H26N4O3. The summed E-state index contributed by atoms with van der Waals surface area (Å²) in [6, 6.07) is 7.54. The highest BCUT2D eigenvalue weighted by atomic mass is 16.5. The number of carbonyl (C=O) groups excluding carboxylic acids is 2. The molecule has 0 aliphatic carbocycles. The molecule has 25 heavy (non-hydrogen) atoms. The number of rotatable bonds is 5. The SMILES string of the molecule is NC(=O)C1CCCN(Cc2ccc(NC(=O)C3COCCN3)cc2)C1.